The molecule has 4 rings (SSSR count). The third kappa shape index (κ3) is 7.51. The van der Waals surface area contributed by atoms with E-state index in [4.69, 9.17) is 14.2 Å². The Morgan fingerprint density at radius 3 is 2.02 bits per heavy atom. The van der Waals surface area contributed by atoms with Gasteiger partial charge >= 0.3 is 0 Å². The van der Waals surface area contributed by atoms with Gasteiger partial charge in [0.1, 0.15) is 22.9 Å². The van der Waals surface area contributed by atoms with Gasteiger partial charge in [0.25, 0.3) is 11.8 Å². The van der Waals surface area contributed by atoms with E-state index in [2.05, 4.69) is 10.6 Å². The Hall–Kier alpha value is -5.63. The van der Waals surface area contributed by atoms with Gasteiger partial charge in [-0.15, -0.1) is 0 Å². The van der Waals surface area contributed by atoms with E-state index in [1.165, 1.54) is 26.4 Å². The molecule has 8 nitrogen and oxygen atoms in total. The van der Waals surface area contributed by atoms with E-state index >= 15 is 0 Å². The van der Waals surface area contributed by atoms with Gasteiger partial charge in [0.2, 0.25) is 0 Å². The number of benzene rings is 4. The molecule has 0 aliphatic carbocycles. The molecule has 8 heteroatoms. The standard InChI is InChI=1S/C34H30N2O6/c1-40-28-18-20-32(42-3)26(21-28)22-29(36-33(38)25-10-5-4-6-11-25)34(39)35-27-16-13-23(14-17-27)30(37)19-15-24-9-7-8-12-31(24)41-2/h4-22H,1-3H3,(H,35,39)(H,36,38)/b19-15+,29-22-. The molecular weight excluding hydrogens is 532 g/mol. The van der Waals surface area contributed by atoms with E-state index in [1.807, 2.05) is 24.3 Å². The lowest BCUT2D eigenvalue weighted by Crippen LogP contribution is -2.30. The molecule has 0 bridgehead atoms. The number of allylic oxidation sites excluding steroid dienone is 1. The minimum Gasteiger partial charge on any atom is -0.497 e. The molecule has 0 radical (unpaired) electrons. The van der Waals surface area contributed by atoms with Crippen molar-refractivity contribution in [2.24, 2.45) is 0 Å². The summed E-state index contributed by atoms with van der Waals surface area (Å²) < 4.78 is 16.1. The highest BCUT2D eigenvalue weighted by Gasteiger charge is 2.17. The van der Waals surface area contributed by atoms with Crippen LogP contribution in [0.25, 0.3) is 12.2 Å². The first-order valence-corrected chi connectivity index (χ1v) is 13.0. The van der Waals surface area contributed by atoms with Crippen molar-refractivity contribution in [2.45, 2.75) is 0 Å². The quantitative estimate of drug-likeness (QED) is 0.171. The van der Waals surface area contributed by atoms with Crippen LogP contribution in [-0.4, -0.2) is 38.9 Å². The molecule has 4 aromatic rings. The Morgan fingerprint density at radius 1 is 0.667 bits per heavy atom. The second-order valence-corrected chi connectivity index (χ2v) is 8.96. The van der Waals surface area contributed by atoms with Crippen molar-refractivity contribution in [3.63, 3.8) is 0 Å². The number of nitrogens with one attached hydrogen (secondary N) is 2. The summed E-state index contributed by atoms with van der Waals surface area (Å²) in [6.07, 6.45) is 4.67. The van der Waals surface area contributed by atoms with Gasteiger partial charge in [-0.25, -0.2) is 0 Å². The highest BCUT2D eigenvalue weighted by atomic mass is 16.5. The van der Waals surface area contributed by atoms with Crippen LogP contribution in [0.15, 0.2) is 109 Å². The molecule has 0 heterocycles. The molecule has 0 aromatic heterocycles. The topological polar surface area (TPSA) is 103 Å². The number of methoxy groups -OCH3 is 3. The zero-order chi connectivity index (χ0) is 29.9. The maximum absolute atomic E-state index is 13.4. The van der Waals surface area contributed by atoms with Crippen LogP contribution in [0.5, 0.6) is 17.2 Å². The fourth-order valence-electron chi connectivity index (χ4n) is 4.03. The zero-order valence-corrected chi connectivity index (χ0v) is 23.4. The summed E-state index contributed by atoms with van der Waals surface area (Å²) in [5, 5.41) is 5.49. The van der Waals surface area contributed by atoms with Crippen LogP contribution in [0.3, 0.4) is 0 Å². The first-order chi connectivity index (χ1) is 20.4. The normalized spacial score (nSPS) is 11.1. The van der Waals surface area contributed by atoms with Crippen LogP contribution in [0, 0.1) is 0 Å². The monoisotopic (exact) mass is 562 g/mol. The van der Waals surface area contributed by atoms with Crippen LogP contribution < -0.4 is 24.8 Å². The number of hydrogen-bond acceptors (Lipinski definition) is 6. The molecule has 0 aliphatic heterocycles. The molecule has 0 saturated heterocycles. The Bertz CT molecular complexity index is 1630. The van der Waals surface area contributed by atoms with Crippen molar-refractivity contribution >= 4 is 35.4 Å². The molecule has 2 N–H and O–H groups in total. The maximum Gasteiger partial charge on any atom is 0.272 e. The number of ketones is 1. The van der Waals surface area contributed by atoms with Gasteiger partial charge in [-0.05, 0) is 78.9 Å². The number of rotatable bonds is 11. The minimum atomic E-state index is -0.570. The van der Waals surface area contributed by atoms with Gasteiger partial charge in [-0.1, -0.05) is 36.4 Å². The average Bonchev–Trinajstić information content (AvgIpc) is 3.04. The Kier molecular flexibility index (Phi) is 9.88. The summed E-state index contributed by atoms with van der Waals surface area (Å²) in [6.45, 7) is 0. The SMILES string of the molecule is COc1ccc(OC)c(/C=C(\NC(=O)c2ccccc2)C(=O)Nc2ccc(C(=O)/C=C/c3ccccc3OC)cc2)c1. The van der Waals surface area contributed by atoms with E-state index < -0.39 is 11.8 Å². The molecule has 0 spiro atoms. The Morgan fingerprint density at radius 2 is 1.33 bits per heavy atom. The molecule has 4 aromatic carbocycles. The van der Waals surface area contributed by atoms with Crippen molar-refractivity contribution in [3.8, 4) is 17.2 Å². The van der Waals surface area contributed by atoms with E-state index in [1.54, 1.807) is 86.0 Å². The van der Waals surface area contributed by atoms with Gasteiger partial charge in [0, 0.05) is 27.9 Å². The summed E-state index contributed by atoms with van der Waals surface area (Å²) in [7, 11) is 4.61. The van der Waals surface area contributed by atoms with Crippen molar-refractivity contribution in [1.82, 2.24) is 5.32 Å². The first kappa shape index (κ1) is 29.4. The Labute approximate surface area is 244 Å². The van der Waals surface area contributed by atoms with Gasteiger partial charge in [0.05, 0.1) is 21.3 Å². The fourth-order valence-corrected chi connectivity index (χ4v) is 4.03. The first-order valence-electron chi connectivity index (χ1n) is 13.0. The lowest BCUT2D eigenvalue weighted by molar-refractivity contribution is -0.113. The lowest BCUT2D eigenvalue weighted by Gasteiger charge is -2.13. The van der Waals surface area contributed by atoms with E-state index in [0.717, 1.165) is 5.56 Å². The molecule has 2 amide bonds. The number of ether oxygens (including phenoxy) is 3. The van der Waals surface area contributed by atoms with Crippen LogP contribution in [-0.2, 0) is 4.79 Å². The van der Waals surface area contributed by atoms with Gasteiger partial charge in [-0.3, -0.25) is 14.4 Å². The second-order valence-electron chi connectivity index (χ2n) is 8.96. The summed E-state index contributed by atoms with van der Waals surface area (Å²) in [5.41, 5.74) is 2.55. The van der Waals surface area contributed by atoms with Crippen LogP contribution in [0.2, 0.25) is 0 Å². The summed E-state index contributed by atoms with van der Waals surface area (Å²) in [4.78, 5) is 39.1. The molecule has 0 fully saturated rings. The predicted molar refractivity (Wildman–Crippen MR) is 163 cm³/mol. The molecule has 42 heavy (non-hydrogen) atoms. The zero-order valence-electron chi connectivity index (χ0n) is 23.4. The number of hydrogen-bond donors (Lipinski definition) is 2. The lowest BCUT2D eigenvalue weighted by atomic mass is 10.1. The van der Waals surface area contributed by atoms with Gasteiger partial charge in [0.15, 0.2) is 5.78 Å². The fraction of sp³-hybridized carbons (Fsp3) is 0.0882. The summed E-state index contributed by atoms with van der Waals surface area (Å²) in [5.74, 6) is 0.463. The molecule has 0 unspecified atom stereocenters. The van der Waals surface area contributed by atoms with Gasteiger partial charge in [-0.2, -0.15) is 0 Å². The predicted octanol–water partition coefficient (Wildman–Crippen LogP) is 6.02. The average molecular weight is 563 g/mol. The third-order valence-electron chi connectivity index (χ3n) is 6.25. The number of carbonyl (C=O) groups is 3. The van der Waals surface area contributed by atoms with E-state index in [0.29, 0.717) is 39.6 Å². The van der Waals surface area contributed by atoms with Crippen molar-refractivity contribution in [1.29, 1.82) is 0 Å². The molecule has 0 saturated carbocycles. The minimum absolute atomic E-state index is 0.0182. The maximum atomic E-state index is 13.4. The van der Waals surface area contributed by atoms with Crippen molar-refractivity contribution in [3.05, 3.63) is 131 Å². The number of anilines is 1. The Balaban J connectivity index is 1.55. The summed E-state index contributed by atoms with van der Waals surface area (Å²) in [6, 6.07) is 27.5. The number of para-hydroxylation sites is 1. The molecule has 0 aliphatic rings. The largest absolute Gasteiger partial charge is 0.497 e. The van der Waals surface area contributed by atoms with Gasteiger partial charge < -0.3 is 24.8 Å². The second kappa shape index (κ2) is 14.1. The molecule has 0 atom stereocenters. The molecular formula is C34H30N2O6. The smallest absolute Gasteiger partial charge is 0.272 e. The van der Waals surface area contributed by atoms with Crippen LogP contribution >= 0.6 is 0 Å². The van der Waals surface area contributed by atoms with E-state index in [-0.39, 0.29) is 11.5 Å². The van der Waals surface area contributed by atoms with Crippen LogP contribution in [0.1, 0.15) is 31.8 Å². The third-order valence-corrected chi connectivity index (χ3v) is 6.25. The number of carbonyl (C=O) groups excluding carboxylic acids is 3. The number of amides is 2. The highest BCUT2D eigenvalue weighted by Crippen LogP contribution is 2.26. The highest BCUT2D eigenvalue weighted by molar-refractivity contribution is 6.11. The summed E-state index contributed by atoms with van der Waals surface area (Å²) >= 11 is 0. The molecule has 212 valence electrons. The van der Waals surface area contributed by atoms with Crippen molar-refractivity contribution in [2.75, 3.05) is 26.6 Å². The van der Waals surface area contributed by atoms with E-state index in [9.17, 15) is 14.4 Å². The van der Waals surface area contributed by atoms with Crippen LogP contribution in [0.4, 0.5) is 5.69 Å². The van der Waals surface area contributed by atoms with Crippen molar-refractivity contribution < 1.29 is 28.6 Å².